The summed E-state index contributed by atoms with van der Waals surface area (Å²) >= 11 is 4.67. The van der Waals surface area contributed by atoms with Crippen LogP contribution in [-0.4, -0.2) is 24.1 Å². The fourth-order valence-electron chi connectivity index (χ4n) is 3.14. The van der Waals surface area contributed by atoms with E-state index in [0.29, 0.717) is 17.3 Å². The lowest BCUT2D eigenvalue weighted by Gasteiger charge is -2.07. The van der Waals surface area contributed by atoms with Crippen LogP contribution in [0, 0.1) is 0 Å². The maximum Gasteiger partial charge on any atom is 0.258 e. The lowest BCUT2D eigenvalue weighted by molar-refractivity contribution is 0.731. The molecular weight excluding hydrogens is 422 g/mol. The molecule has 4 heterocycles. The molecule has 0 bridgehead atoms. The van der Waals surface area contributed by atoms with E-state index < -0.39 is 0 Å². The average Bonchev–Trinajstić information content (AvgIpc) is 3.45. The maximum atomic E-state index is 12.2. The van der Waals surface area contributed by atoms with Gasteiger partial charge in [0, 0.05) is 51.0 Å². The van der Waals surface area contributed by atoms with Gasteiger partial charge in [0.1, 0.15) is 0 Å². The van der Waals surface area contributed by atoms with Gasteiger partial charge >= 0.3 is 0 Å². The van der Waals surface area contributed by atoms with E-state index in [4.69, 9.17) is 0 Å². The Bertz CT molecular complexity index is 1390. The van der Waals surface area contributed by atoms with Crippen LogP contribution in [0.4, 0.5) is 0 Å². The van der Waals surface area contributed by atoms with Crippen molar-refractivity contribution in [2.45, 2.75) is 17.5 Å². The summed E-state index contributed by atoms with van der Waals surface area (Å²) in [5.74, 6) is 1.37. The highest BCUT2D eigenvalue weighted by Gasteiger charge is 2.17. The normalized spacial score (nSPS) is 11.4. The van der Waals surface area contributed by atoms with Crippen molar-refractivity contribution in [3.05, 3.63) is 76.0 Å². The van der Waals surface area contributed by atoms with Crippen LogP contribution >= 0.6 is 34.4 Å². The van der Waals surface area contributed by atoms with E-state index >= 15 is 0 Å². The predicted molar refractivity (Wildman–Crippen MR) is 120 cm³/mol. The molecule has 0 atom stereocenters. The quantitative estimate of drug-likeness (QED) is 0.284. The van der Waals surface area contributed by atoms with Crippen molar-refractivity contribution in [3.8, 4) is 11.4 Å². The summed E-state index contributed by atoms with van der Waals surface area (Å²) < 4.78 is 4.83. The highest BCUT2D eigenvalue weighted by Crippen LogP contribution is 2.34. The van der Waals surface area contributed by atoms with Crippen LogP contribution in [0.25, 0.3) is 26.4 Å². The Morgan fingerprint density at radius 3 is 3.00 bits per heavy atom. The Morgan fingerprint density at radius 1 is 1.21 bits per heavy atom. The molecule has 1 aromatic carbocycles. The zero-order chi connectivity index (χ0) is 19.8. The summed E-state index contributed by atoms with van der Waals surface area (Å²) in [6.45, 7) is 4.49. The lowest BCUT2D eigenvalue weighted by atomic mass is 10.1. The first-order valence-corrected chi connectivity index (χ1v) is 11.6. The predicted octanol–water partition coefficient (Wildman–Crippen LogP) is 4.71. The third-order valence-corrected chi connectivity index (χ3v) is 7.18. The first kappa shape index (κ1) is 18.3. The van der Waals surface area contributed by atoms with E-state index in [-0.39, 0.29) is 5.56 Å². The maximum absolute atomic E-state index is 12.2. The molecule has 0 aliphatic heterocycles. The van der Waals surface area contributed by atoms with E-state index in [1.165, 1.54) is 33.2 Å². The summed E-state index contributed by atoms with van der Waals surface area (Å²) in [6, 6.07) is 9.87. The van der Waals surface area contributed by atoms with Gasteiger partial charge in [-0.05, 0) is 6.07 Å². The van der Waals surface area contributed by atoms with Crippen LogP contribution in [0.15, 0.2) is 69.9 Å². The molecule has 144 valence electrons. The summed E-state index contributed by atoms with van der Waals surface area (Å²) in [5, 5.41) is 14.8. The number of thioether (sulfide) groups is 1. The fraction of sp³-hybridized carbons (Fsp3) is 0.100. The number of nitrogens with zero attached hydrogens (tertiary/aromatic N) is 5. The van der Waals surface area contributed by atoms with Crippen LogP contribution < -0.4 is 5.56 Å². The largest absolute Gasteiger partial charge is 0.298 e. The summed E-state index contributed by atoms with van der Waals surface area (Å²) in [4.78, 5) is 17.5. The summed E-state index contributed by atoms with van der Waals surface area (Å²) in [5.41, 5.74) is 1.74. The molecule has 0 N–H and O–H groups in total. The zero-order valence-electron chi connectivity index (χ0n) is 15.2. The lowest BCUT2D eigenvalue weighted by Crippen LogP contribution is -2.12. The molecule has 0 saturated heterocycles. The molecule has 29 heavy (non-hydrogen) atoms. The van der Waals surface area contributed by atoms with E-state index in [2.05, 4.69) is 43.8 Å². The van der Waals surface area contributed by atoms with Gasteiger partial charge in [0.15, 0.2) is 15.9 Å². The summed E-state index contributed by atoms with van der Waals surface area (Å²) in [6.07, 6.45) is 3.58. The van der Waals surface area contributed by atoms with E-state index in [0.717, 1.165) is 22.2 Å². The molecule has 4 aromatic heterocycles. The molecule has 0 fully saturated rings. The van der Waals surface area contributed by atoms with Crippen LogP contribution in [-0.2, 0) is 12.3 Å². The van der Waals surface area contributed by atoms with Gasteiger partial charge in [-0.1, -0.05) is 36.0 Å². The van der Waals surface area contributed by atoms with Crippen molar-refractivity contribution in [1.82, 2.24) is 24.1 Å². The molecule has 6 nitrogen and oxygen atoms in total. The third-order valence-electron chi connectivity index (χ3n) is 4.46. The van der Waals surface area contributed by atoms with Gasteiger partial charge in [-0.15, -0.1) is 39.4 Å². The van der Waals surface area contributed by atoms with Crippen molar-refractivity contribution < 1.29 is 0 Å². The molecular formula is C20H15N5OS3. The van der Waals surface area contributed by atoms with E-state index in [9.17, 15) is 4.79 Å². The van der Waals surface area contributed by atoms with Gasteiger partial charge in [-0.3, -0.25) is 13.8 Å². The Balaban J connectivity index is 1.49. The van der Waals surface area contributed by atoms with E-state index in [1.54, 1.807) is 28.0 Å². The van der Waals surface area contributed by atoms with Crippen molar-refractivity contribution in [2.24, 2.45) is 0 Å². The first-order chi connectivity index (χ1) is 14.2. The number of rotatable bonds is 6. The Hall–Kier alpha value is -2.75. The van der Waals surface area contributed by atoms with Crippen molar-refractivity contribution >= 4 is 49.5 Å². The minimum absolute atomic E-state index is 0.0650. The molecule has 0 radical (unpaired) electrons. The molecule has 0 amide bonds. The molecule has 5 aromatic rings. The van der Waals surface area contributed by atoms with Crippen LogP contribution in [0.3, 0.4) is 0 Å². The number of allylic oxidation sites excluding steroid dienone is 1. The summed E-state index contributed by atoms with van der Waals surface area (Å²) in [7, 11) is 0. The molecule has 0 aliphatic rings. The number of thiazole rings is 1. The monoisotopic (exact) mass is 437 g/mol. The van der Waals surface area contributed by atoms with Gasteiger partial charge in [-0.2, -0.15) is 0 Å². The minimum Gasteiger partial charge on any atom is -0.298 e. The topological polar surface area (TPSA) is 65.1 Å². The molecule has 5 rings (SSSR count). The van der Waals surface area contributed by atoms with Gasteiger partial charge in [0.2, 0.25) is 0 Å². The molecule has 0 spiro atoms. The number of fused-ring (bicyclic) bond motifs is 2. The van der Waals surface area contributed by atoms with Crippen molar-refractivity contribution in [2.75, 3.05) is 0 Å². The highest BCUT2D eigenvalue weighted by atomic mass is 32.2. The number of benzene rings is 1. The minimum atomic E-state index is -0.0650. The van der Waals surface area contributed by atoms with Gasteiger partial charge < -0.3 is 0 Å². The number of thiophene rings is 1. The fourth-order valence-corrected chi connectivity index (χ4v) is 5.66. The van der Waals surface area contributed by atoms with Crippen LogP contribution in [0.2, 0.25) is 0 Å². The Kier molecular flexibility index (Phi) is 4.78. The molecule has 0 saturated carbocycles. The van der Waals surface area contributed by atoms with Crippen LogP contribution in [0.1, 0.15) is 5.69 Å². The Labute approximate surface area is 178 Å². The number of hydrogen-bond acceptors (Lipinski definition) is 7. The smallest absolute Gasteiger partial charge is 0.258 e. The second-order valence-corrected chi connectivity index (χ2v) is 9.01. The van der Waals surface area contributed by atoms with Crippen LogP contribution in [0.5, 0.6) is 0 Å². The molecule has 9 heteroatoms. The van der Waals surface area contributed by atoms with Gasteiger partial charge in [0.05, 0.1) is 5.69 Å². The van der Waals surface area contributed by atoms with Crippen molar-refractivity contribution in [3.63, 3.8) is 0 Å². The average molecular weight is 438 g/mol. The second kappa shape index (κ2) is 7.58. The SMILES string of the molecule is C=CCn1c(SCc2cc(=O)n3ccsc3n2)nnc1-c1csc2ccccc12. The number of aromatic nitrogens is 5. The molecule has 0 aliphatic carbocycles. The highest BCUT2D eigenvalue weighted by molar-refractivity contribution is 7.98. The zero-order valence-corrected chi connectivity index (χ0v) is 17.6. The second-order valence-electron chi connectivity index (χ2n) is 6.28. The molecule has 0 unspecified atom stereocenters. The standard InChI is InChI=1S/C20H15N5OS3/c1-2-7-25-18(15-12-28-16-6-4-3-5-14(15)16)22-23-20(25)29-11-13-10-17(26)24-8-9-27-19(24)21-13/h2-6,8-10,12H,1,7,11H2. The van der Waals surface area contributed by atoms with E-state index in [1.807, 2.05) is 23.6 Å². The first-order valence-electron chi connectivity index (χ1n) is 8.84. The van der Waals surface area contributed by atoms with Gasteiger partial charge in [0.25, 0.3) is 5.56 Å². The van der Waals surface area contributed by atoms with Gasteiger partial charge in [-0.25, -0.2) is 4.98 Å². The number of hydrogen-bond donors (Lipinski definition) is 0. The Morgan fingerprint density at radius 2 is 2.10 bits per heavy atom. The third kappa shape index (κ3) is 3.31. The van der Waals surface area contributed by atoms with Crippen molar-refractivity contribution in [1.29, 1.82) is 0 Å².